The Labute approximate surface area is 66.1 Å². The van der Waals surface area contributed by atoms with Gasteiger partial charge in [0.15, 0.2) is 0 Å². The standard InChI is InChI=1S/C8H13NO2/c1-2-3-6-9-8(4-5-8)7(10)11/h2-3,9H,4-6H2,1H3,(H,10,11). The summed E-state index contributed by atoms with van der Waals surface area (Å²) in [6.45, 7) is 2.57. The molecule has 0 unspecified atom stereocenters. The van der Waals surface area contributed by atoms with Gasteiger partial charge in [0.2, 0.25) is 0 Å². The molecule has 11 heavy (non-hydrogen) atoms. The largest absolute Gasteiger partial charge is 0.480 e. The molecule has 1 saturated carbocycles. The van der Waals surface area contributed by atoms with E-state index in [-0.39, 0.29) is 0 Å². The van der Waals surface area contributed by atoms with Crippen molar-refractivity contribution in [3.63, 3.8) is 0 Å². The van der Waals surface area contributed by atoms with E-state index in [4.69, 9.17) is 5.11 Å². The van der Waals surface area contributed by atoms with Crippen molar-refractivity contribution in [1.82, 2.24) is 5.32 Å². The van der Waals surface area contributed by atoms with Gasteiger partial charge in [-0.3, -0.25) is 10.1 Å². The highest BCUT2D eigenvalue weighted by Gasteiger charge is 2.49. The second-order valence-electron chi connectivity index (χ2n) is 2.84. The highest BCUT2D eigenvalue weighted by Crippen LogP contribution is 2.35. The van der Waals surface area contributed by atoms with Gasteiger partial charge >= 0.3 is 5.97 Å². The van der Waals surface area contributed by atoms with Gasteiger partial charge < -0.3 is 5.11 Å². The average Bonchev–Trinajstić information content (AvgIpc) is 2.70. The fraction of sp³-hybridized carbons (Fsp3) is 0.625. The minimum Gasteiger partial charge on any atom is -0.480 e. The zero-order valence-corrected chi connectivity index (χ0v) is 6.63. The number of allylic oxidation sites excluding steroid dienone is 1. The van der Waals surface area contributed by atoms with Gasteiger partial charge in [-0.1, -0.05) is 12.2 Å². The first-order chi connectivity index (χ1) is 5.21. The summed E-state index contributed by atoms with van der Waals surface area (Å²) in [6.07, 6.45) is 5.35. The van der Waals surface area contributed by atoms with Crippen molar-refractivity contribution in [3.05, 3.63) is 12.2 Å². The Kier molecular flexibility index (Phi) is 2.29. The number of nitrogens with one attached hydrogen (secondary N) is 1. The van der Waals surface area contributed by atoms with Crippen molar-refractivity contribution < 1.29 is 9.90 Å². The maximum Gasteiger partial charge on any atom is 0.323 e. The lowest BCUT2D eigenvalue weighted by molar-refractivity contribution is -0.140. The van der Waals surface area contributed by atoms with Crippen LogP contribution in [0.1, 0.15) is 19.8 Å². The normalized spacial score (nSPS) is 20.5. The van der Waals surface area contributed by atoms with Crippen LogP contribution in [0.25, 0.3) is 0 Å². The lowest BCUT2D eigenvalue weighted by Crippen LogP contribution is -2.39. The van der Waals surface area contributed by atoms with Gasteiger partial charge in [-0.05, 0) is 19.8 Å². The van der Waals surface area contributed by atoms with Crippen LogP contribution in [-0.4, -0.2) is 23.2 Å². The van der Waals surface area contributed by atoms with Crippen molar-refractivity contribution in [3.8, 4) is 0 Å². The molecule has 1 aliphatic rings. The Morgan fingerprint density at radius 1 is 1.73 bits per heavy atom. The second kappa shape index (κ2) is 3.05. The van der Waals surface area contributed by atoms with Crippen molar-refractivity contribution in [1.29, 1.82) is 0 Å². The zero-order chi connectivity index (χ0) is 8.32. The van der Waals surface area contributed by atoms with Gasteiger partial charge in [-0.25, -0.2) is 0 Å². The van der Waals surface area contributed by atoms with E-state index in [1.807, 2.05) is 19.1 Å². The first-order valence-corrected chi connectivity index (χ1v) is 3.81. The highest BCUT2D eigenvalue weighted by molar-refractivity contribution is 5.82. The predicted octanol–water partition coefficient (Wildman–Crippen LogP) is 0.769. The van der Waals surface area contributed by atoms with Crippen LogP contribution in [0.4, 0.5) is 0 Å². The first kappa shape index (κ1) is 8.27. The molecule has 0 bridgehead atoms. The van der Waals surface area contributed by atoms with Crippen molar-refractivity contribution in [2.24, 2.45) is 0 Å². The monoisotopic (exact) mass is 155 g/mol. The minimum atomic E-state index is -0.720. The molecule has 0 spiro atoms. The van der Waals surface area contributed by atoms with E-state index in [0.717, 1.165) is 12.8 Å². The number of hydrogen-bond donors (Lipinski definition) is 2. The van der Waals surface area contributed by atoms with Crippen molar-refractivity contribution >= 4 is 5.97 Å². The molecule has 3 nitrogen and oxygen atoms in total. The molecule has 62 valence electrons. The van der Waals surface area contributed by atoms with Crippen LogP contribution in [0.3, 0.4) is 0 Å². The topological polar surface area (TPSA) is 49.3 Å². The lowest BCUT2D eigenvalue weighted by Gasteiger charge is -2.08. The molecule has 1 fully saturated rings. The number of carbonyl (C=O) groups is 1. The van der Waals surface area contributed by atoms with Crippen LogP contribution in [-0.2, 0) is 4.79 Å². The minimum absolute atomic E-state index is 0.584. The summed E-state index contributed by atoms with van der Waals surface area (Å²) in [4.78, 5) is 10.6. The smallest absolute Gasteiger partial charge is 0.323 e. The molecular formula is C8H13NO2. The van der Waals surface area contributed by atoms with E-state index in [0.29, 0.717) is 6.54 Å². The summed E-state index contributed by atoms with van der Waals surface area (Å²) >= 11 is 0. The molecule has 0 aromatic carbocycles. The highest BCUT2D eigenvalue weighted by atomic mass is 16.4. The summed E-state index contributed by atoms with van der Waals surface area (Å²) in [7, 11) is 0. The van der Waals surface area contributed by atoms with Crippen LogP contribution < -0.4 is 5.32 Å². The quantitative estimate of drug-likeness (QED) is 0.589. The molecule has 0 amide bonds. The molecule has 1 rings (SSSR count). The molecule has 0 radical (unpaired) electrons. The fourth-order valence-corrected chi connectivity index (χ4v) is 0.963. The van der Waals surface area contributed by atoms with Crippen molar-refractivity contribution in [2.45, 2.75) is 25.3 Å². The van der Waals surface area contributed by atoms with Gasteiger partial charge in [0.25, 0.3) is 0 Å². The SMILES string of the molecule is CC=CCNC1(C(=O)O)CC1. The van der Waals surface area contributed by atoms with E-state index in [1.165, 1.54) is 0 Å². The van der Waals surface area contributed by atoms with Gasteiger partial charge in [-0.15, -0.1) is 0 Å². The fourth-order valence-electron chi connectivity index (χ4n) is 0.963. The molecule has 3 heteroatoms. The molecule has 2 N–H and O–H groups in total. The van der Waals surface area contributed by atoms with Gasteiger partial charge in [0, 0.05) is 6.54 Å². The molecule has 0 aromatic heterocycles. The maximum atomic E-state index is 10.6. The number of hydrogen-bond acceptors (Lipinski definition) is 2. The van der Waals surface area contributed by atoms with Gasteiger partial charge in [0.05, 0.1) is 0 Å². The number of rotatable bonds is 4. The van der Waals surface area contributed by atoms with Crippen LogP contribution in [0, 0.1) is 0 Å². The third-order valence-electron chi connectivity index (χ3n) is 1.95. The third-order valence-corrected chi connectivity index (χ3v) is 1.95. The maximum absolute atomic E-state index is 10.6. The first-order valence-electron chi connectivity index (χ1n) is 3.81. The van der Waals surface area contributed by atoms with E-state index in [9.17, 15) is 4.79 Å². The Morgan fingerprint density at radius 3 is 2.73 bits per heavy atom. The van der Waals surface area contributed by atoms with E-state index in [2.05, 4.69) is 5.32 Å². The summed E-state index contributed by atoms with van der Waals surface area (Å²) in [6, 6.07) is 0. The van der Waals surface area contributed by atoms with E-state index < -0.39 is 11.5 Å². The Morgan fingerprint density at radius 2 is 2.36 bits per heavy atom. The molecule has 0 saturated heterocycles. The summed E-state index contributed by atoms with van der Waals surface area (Å²) in [5, 5.41) is 11.7. The summed E-state index contributed by atoms with van der Waals surface area (Å²) < 4.78 is 0. The Balaban J connectivity index is 2.30. The van der Waals surface area contributed by atoms with Crippen LogP contribution in [0.15, 0.2) is 12.2 Å². The molecule has 0 aliphatic heterocycles. The second-order valence-corrected chi connectivity index (χ2v) is 2.84. The molecule has 1 aliphatic carbocycles. The van der Waals surface area contributed by atoms with Crippen molar-refractivity contribution in [2.75, 3.05) is 6.54 Å². The summed E-state index contributed by atoms with van der Waals surface area (Å²) in [5.41, 5.74) is -0.584. The predicted molar refractivity (Wildman–Crippen MR) is 42.4 cm³/mol. The Hall–Kier alpha value is -0.830. The number of aliphatic carboxylic acids is 1. The van der Waals surface area contributed by atoms with Crippen LogP contribution >= 0.6 is 0 Å². The molecule has 0 heterocycles. The zero-order valence-electron chi connectivity index (χ0n) is 6.63. The number of carboxylic acid groups (broad SMARTS) is 1. The average molecular weight is 155 g/mol. The van der Waals surface area contributed by atoms with E-state index >= 15 is 0 Å². The molecule has 0 aromatic rings. The van der Waals surface area contributed by atoms with E-state index in [1.54, 1.807) is 0 Å². The third kappa shape index (κ3) is 1.80. The van der Waals surface area contributed by atoms with Crippen LogP contribution in [0.5, 0.6) is 0 Å². The summed E-state index contributed by atoms with van der Waals surface area (Å²) in [5.74, 6) is -0.720. The Bertz CT molecular complexity index is 183. The molecular weight excluding hydrogens is 142 g/mol. The number of carboxylic acids is 1. The van der Waals surface area contributed by atoms with Crippen LogP contribution in [0.2, 0.25) is 0 Å². The lowest BCUT2D eigenvalue weighted by atomic mass is 10.3. The van der Waals surface area contributed by atoms with Gasteiger partial charge in [0.1, 0.15) is 5.54 Å². The van der Waals surface area contributed by atoms with Gasteiger partial charge in [-0.2, -0.15) is 0 Å². The molecule has 0 atom stereocenters.